The van der Waals surface area contributed by atoms with E-state index in [4.69, 9.17) is 26.2 Å². The number of benzene rings is 9. The predicted octanol–water partition coefficient (Wildman–Crippen LogP) is 13.7. The van der Waals surface area contributed by atoms with E-state index in [1.807, 2.05) is 66.7 Å². The SMILES string of the molecule is [2H]c1c([2H])c([2H])c(-c2nc(-c3cccc4c(N5c6cc7ccccc7cc6-c6cccc7cccc5c67)cccc34)nc(-c3cccc4c3oc3ccccc34)n2)c([2H])c1[2H]. The summed E-state index contributed by atoms with van der Waals surface area (Å²) in [5.74, 6) is 0.475. The first-order valence-corrected chi connectivity index (χ1v) is 18.5. The molecule has 5 nitrogen and oxygen atoms in total. The molecular weight excluding hydrogens is 685 g/mol. The van der Waals surface area contributed by atoms with E-state index in [0.717, 1.165) is 60.3 Å². The molecule has 0 fully saturated rings. The highest BCUT2D eigenvalue weighted by molar-refractivity contribution is 6.18. The number of hydrogen-bond acceptors (Lipinski definition) is 5. The molecule has 1 aliphatic rings. The highest BCUT2D eigenvalue weighted by atomic mass is 16.3. The minimum Gasteiger partial charge on any atom is -0.455 e. The van der Waals surface area contributed by atoms with Gasteiger partial charge in [-0.05, 0) is 63.5 Å². The van der Waals surface area contributed by atoms with Crippen molar-refractivity contribution in [3.8, 4) is 45.3 Å². The van der Waals surface area contributed by atoms with Crippen LogP contribution in [-0.2, 0) is 0 Å². The third-order valence-electron chi connectivity index (χ3n) is 10.9. The van der Waals surface area contributed by atoms with E-state index < -0.39 is 30.2 Å². The number of fused-ring (bicyclic) bond motifs is 7. The molecule has 260 valence electrons. The Morgan fingerprint density at radius 2 is 1.04 bits per heavy atom. The van der Waals surface area contributed by atoms with Gasteiger partial charge in [0.2, 0.25) is 0 Å². The molecule has 0 unspecified atom stereocenters. The Hall–Kier alpha value is -7.63. The van der Waals surface area contributed by atoms with Gasteiger partial charge in [-0.15, -0.1) is 0 Å². The lowest BCUT2D eigenvalue weighted by molar-refractivity contribution is 0.669. The molecule has 0 radical (unpaired) electrons. The number of hydrogen-bond donors (Lipinski definition) is 0. The molecule has 9 aromatic carbocycles. The number of nitrogens with zero attached hydrogens (tertiary/aromatic N) is 4. The quantitative estimate of drug-likeness (QED) is 0.181. The van der Waals surface area contributed by atoms with Gasteiger partial charge in [0.25, 0.3) is 0 Å². The monoisotopic (exact) mass is 719 g/mol. The predicted molar refractivity (Wildman–Crippen MR) is 230 cm³/mol. The van der Waals surface area contributed by atoms with E-state index in [0.29, 0.717) is 22.3 Å². The van der Waals surface area contributed by atoms with Crippen LogP contribution < -0.4 is 4.90 Å². The Morgan fingerprint density at radius 3 is 1.91 bits per heavy atom. The molecule has 56 heavy (non-hydrogen) atoms. The van der Waals surface area contributed by atoms with E-state index in [1.54, 1.807) is 0 Å². The van der Waals surface area contributed by atoms with Gasteiger partial charge >= 0.3 is 0 Å². The summed E-state index contributed by atoms with van der Waals surface area (Å²) in [6.07, 6.45) is 0. The van der Waals surface area contributed by atoms with Crippen molar-refractivity contribution < 1.29 is 11.3 Å². The van der Waals surface area contributed by atoms with Gasteiger partial charge in [-0.2, -0.15) is 0 Å². The molecule has 0 amide bonds. The maximum Gasteiger partial charge on any atom is 0.167 e. The maximum atomic E-state index is 8.91. The van der Waals surface area contributed by atoms with Crippen molar-refractivity contribution in [1.82, 2.24) is 15.0 Å². The first kappa shape index (κ1) is 26.2. The van der Waals surface area contributed by atoms with Gasteiger partial charge in [0.05, 0.1) is 29.5 Å². The standard InChI is InChI=1S/C51H30N4O/c1-2-13-32(14-3-1)49-52-50(54-51(53-49)41-25-11-23-39-37-19-6-7-28-46(37)56-48(39)41)40-24-10-21-36-35(40)20-12-26-43(36)55-44-27-9-18-31-17-8-22-38(47(31)44)42-29-33-15-4-5-16-34(33)30-45(42)55/h1-30H/i1D,2D,3D,13D,14D. The van der Waals surface area contributed by atoms with Gasteiger partial charge < -0.3 is 9.32 Å². The minimum atomic E-state index is -0.493. The highest BCUT2D eigenvalue weighted by Crippen LogP contribution is 2.53. The largest absolute Gasteiger partial charge is 0.455 e. The molecule has 0 bridgehead atoms. The van der Waals surface area contributed by atoms with Gasteiger partial charge in [0, 0.05) is 38.2 Å². The van der Waals surface area contributed by atoms with E-state index in [1.165, 1.54) is 10.9 Å². The minimum absolute atomic E-state index is 0.0432. The molecule has 12 rings (SSSR count). The fourth-order valence-electron chi connectivity index (χ4n) is 8.45. The van der Waals surface area contributed by atoms with Gasteiger partial charge in [-0.3, -0.25) is 0 Å². The molecular formula is C51H30N4O. The third-order valence-corrected chi connectivity index (χ3v) is 10.9. The smallest absolute Gasteiger partial charge is 0.167 e. The Balaban J connectivity index is 1.13. The molecule has 0 atom stereocenters. The fourth-order valence-corrected chi connectivity index (χ4v) is 8.45. The average molecular weight is 720 g/mol. The summed E-state index contributed by atoms with van der Waals surface area (Å²) in [5, 5.41) is 8.24. The van der Waals surface area contributed by atoms with Crippen molar-refractivity contribution in [2.45, 2.75) is 0 Å². The molecule has 3 heterocycles. The topological polar surface area (TPSA) is 55.1 Å². The van der Waals surface area contributed by atoms with Crippen LogP contribution in [0.3, 0.4) is 0 Å². The van der Waals surface area contributed by atoms with Crippen LogP contribution in [0.15, 0.2) is 186 Å². The number of furan rings is 1. The van der Waals surface area contributed by atoms with Crippen LogP contribution in [-0.4, -0.2) is 15.0 Å². The second-order valence-electron chi connectivity index (χ2n) is 14.0. The molecule has 5 heteroatoms. The summed E-state index contributed by atoms with van der Waals surface area (Å²) in [5.41, 5.74) is 7.84. The summed E-state index contributed by atoms with van der Waals surface area (Å²) in [7, 11) is 0. The van der Waals surface area contributed by atoms with Crippen LogP contribution in [0.25, 0.3) is 99.5 Å². The average Bonchev–Trinajstić information content (AvgIpc) is 3.69. The van der Waals surface area contributed by atoms with Crippen molar-refractivity contribution >= 4 is 71.3 Å². The van der Waals surface area contributed by atoms with Crippen molar-refractivity contribution in [2.24, 2.45) is 0 Å². The Morgan fingerprint density at radius 1 is 0.429 bits per heavy atom. The highest BCUT2D eigenvalue weighted by Gasteiger charge is 2.28. The summed E-state index contributed by atoms with van der Waals surface area (Å²) in [4.78, 5) is 17.3. The second kappa shape index (κ2) is 11.9. The Kier molecular flexibility index (Phi) is 5.58. The zero-order valence-electron chi connectivity index (χ0n) is 34.6. The Bertz CT molecular complexity index is 3660. The number of para-hydroxylation sites is 2. The summed E-state index contributed by atoms with van der Waals surface area (Å²) in [6.45, 7) is 0. The maximum absolute atomic E-state index is 8.91. The van der Waals surface area contributed by atoms with Crippen molar-refractivity contribution in [3.63, 3.8) is 0 Å². The molecule has 0 spiro atoms. The van der Waals surface area contributed by atoms with Crippen molar-refractivity contribution in [1.29, 1.82) is 0 Å². The molecule has 0 aliphatic carbocycles. The molecule has 0 saturated heterocycles. The lowest BCUT2D eigenvalue weighted by atomic mass is 9.88. The van der Waals surface area contributed by atoms with Crippen LogP contribution in [0.5, 0.6) is 0 Å². The van der Waals surface area contributed by atoms with Crippen molar-refractivity contribution in [2.75, 3.05) is 4.90 Å². The number of aromatic nitrogens is 3. The molecule has 0 saturated carbocycles. The van der Waals surface area contributed by atoms with Gasteiger partial charge in [-0.25, -0.2) is 15.0 Å². The number of anilines is 3. The van der Waals surface area contributed by atoms with Gasteiger partial charge in [-0.1, -0.05) is 145 Å². The van der Waals surface area contributed by atoms with Gasteiger partial charge in [0.1, 0.15) is 11.2 Å². The van der Waals surface area contributed by atoms with Crippen molar-refractivity contribution in [3.05, 3.63) is 182 Å². The lowest BCUT2D eigenvalue weighted by Gasteiger charge is -2.34. The molecule has 2 aromatic heterocycles. The van der Waals surface area contributed by atoms with E-state index in [9.17, 15) is 0 Å². The van der Waals surface area contributed by atoms with Crippen LogP contribution in [0.2, 0.25) is 0 Å². The molecule has 11 aromatic rings. The first-order chi connectivity index (χ1) is 29.8. The third kappa shape index (κ3) is 4.58. The zero-order chi connectivity index (χ0) is 41.1. The van der Waals surface area contributed by atoms with Gasteiger partial charge in [0.15, 0.2) is 17.5 Å². The second-order valence-corrected chi connectivity index (χ2v) is 14.0. The van der Waals surface area contributed by atoms with Crippen LogP contribution in [0.4, 0.5) is 17.1 Å². The molecule has 1 aliphatic heterocycles. The fraction of sp³-hybridized carbons (Fsp3) is 0. The number of rotatable bonds is 4. The lowest BCUT2D eigenvalue weighted by Crippen LogP contribution is -2.15. The summed E-state index contributed by atoms with van der Waals surface area (Å²) in [6, 6.07) is 49.5. The van der Waals surface area contributed by atoms with Crippen LogP contribution in [0, 0.1) is 0 Å². The summed E-state index contributed by atoms with van der Waals surface area (Å²) >= 11 is 0. The van der Waals surface area contributed by atoms with E-state index >= 15 is 0 Å². The van der Waals surface area contributed by atoms with Crippen LogP contribution >= 0.6 is 0 Å². The van der Waals surface area contributed by atoms with Crippen LogP contribution in [0.1, 0.15) is 6.85 Å². The normalized spacial score (nSPS) is 13.5. The summed E-state index contributed by atoms with van der Waals surface area (Å²) < 4.78 is 49.5. The Labute approximate surface area is 328 Å². The first-order valence-electron chi connectivity index (χ1n) is 21.0. The van der Waals surface area contributed by atoms with E-state index in [2.05, 4.69) is 89.8 Å². The molecule has 0 N–H and O–H groups in total. The zero-order valence-corrected chi connectivity index (χ0v) is 29.6. The van der Waals surface area contributed by atoms with E-state index in [-0.39, 0.29) is 23.0 Å².